The van der Waals surface area contributed by atoms with Gasteiger partial charge in [-0.3, -0.25) is 0 Å². The SMILES string of the molecule is C.C.C.C.C.C.C.C.C.C.C.C.C.C.C.C.C.C.C.CCC.CCC.CCC.CCC.CCC.CCC.CCC.CCC.CCC.CCC.CCC.CCC.C[C@@H]1[C@H](C)[C@H](C)C2(c3ccccc3[C@H](C)[C@@H]2C)[C@@H]1C.C[CH-][C@@H](C)C1([C@@H](C)[CH-]C)c2ccccc2-c2cccc3cccc1c23.C[CH-][C@@H](C)C1([C@@H](C)[CH-]C)c2ccccc2[C@H](C)[C@@H]1C.[Y].[Y]. The van der Waals surface area contributed by atoms with Gasteiger partial charge in [0.1, 0.15) is 0 Å². The molecule has 1 spiro atoms. The standard InChI is InChI=1S/C25H26.2C19H28.12C3H8.19CH4.2Y/c1-5-17(3)25(18(4)6-2)22-15-8-7-13-20(22)21-14-9-11-19-12-10-16-23(25)24(19)21;1-11-12(2)15(5)19(14(11)4)16(6)13(3)17-9-7-8-10-18(17)19;1-7-13(3)19(14(4)8-2)16(6)15(5)17-11-9-10-12-18(17)19;12*1-3-2;;;;;;;;;;;;;;;;;;;;;/h5-18H,1-4H3;2*7-16H,1-6H3;12*3H2,1-2H3;19*1H4;;/q-2;;-2;;;;;;;;;;;;;;;;;;;;;;;;;;;;;;;;;/t17-,18+,25?;11-,12+,13-,14-,15+,16+,19?;13-,14+,15-,16+,19?;;;;;;;;;;;;;;;;;;;;;;;;;;;;;;;;;/m.11................................./s1. The molecule has 0 N–H and O–H groups in total. The van der Waals surface area contributed by atoms with E-state index in [4.69, 9.17) is 0 Å². The molecule has 5 aromatic rings. The molecule has 0 amide bonds. The Morgan fingerprint density at radius 3 is 0.750 bits per heavy atom. The Morgan fingerprint density at radius 1 is 0.250 bits per heavy atom. The van der Waals surface area contributed by atoms with E-state index in [1.165, 1.54) is 110 Å². The van der Waals surface area contributed by atoms with Gasteiger partial charge in [0.2, 0.25) is 0 Å². The van der Waals surface area contributed by atoms with Gasteiger partial charge >= 0.3 is 0 Å². The maximum atomic E-state index is 2.51. The molecule has 0 heterocycles. The van der Waals surface area contributed by atoms with E-state index in [1.807, 2.05) is 0 Å². The molecule has 0 bridgehead atoms. The Morgan fingerprint density at radius 2 is 0.467 bits per heavy atom. The summed E-state index contributed by atoms with van der Waals surface area (Å²) in [4.78, 5) is 0. The predicted molar refractivity (Wildman–Crippen MR) is 594 cm³/mol. The van der Waals surface area contributed by atoms with Gasteiger partial charge in [-0.2, -0.15) is 51.4 Å². The number of fused-ring (bicyclic) bond motifs is 5. The van der Waals surface area contributed by atoms with E-state index in [-0.39, 0.29) is 217 Å². The van der Waals surface area contributed by atoms with Crippen molar-refractivity contribution in [3.8, 4) is 11.1 Å². The summed E-state index contributed by atoms with van der Waals surface area (Å²) >= 11 is 0. The van der Waals surface area contributed by atoms with Crippen molar-refractivity contribution >= 4 is 10.8 Å². The maximum absolute atomic E-state index is 2.51. The van der Waals surface area contributed by atoms with E-state index in [9.17, 15) is 0 Å². The van der Waals surface area contributed by atoms with Crippen LogP contribution in [-0.4, -0.2) is 0 Å². The van der Waals surface area contributed by atoms with Crippen LogP contribution < -0.4 is 0 Å². The predicted octanol–water partition coefficient (Wildman–Crippen LogP) is 46.5. The second-order valence-electron chi connectivity index (χ2n) is 29.6. The third-order valence-electron chi connectivity index (χ3n) is 19.7. The number of benzene rings is 5. The van der Waals surface area contributed by atoms with E-state index < -0.39 is 0 Å². The first-order chi connectivity index (χ1) is 47.1. The van der Waals surface area contributed by atoms with Crippen LogP contribution in [0.2, 0.25) is 0 Å². The Bertz CT molecular complexity index is 2420. The molecular formula is C118H254Y2-4. The fraction of sp³-hybridized carbons (Fsp3) is 0.729. The molecule has 0 aromatic heterocycles. The number of rotatable bonds is 8. The molecule has 4 aliphatic carbocycles. The average molecular weight is 1850 g/mol. The van der Waals surface area contributed by atoms with Crippen molar-refractivity contribution < 1.29 is 65.4 Å². The van der Waals surface area contributed by atoms with Gasteiger partial charge in [0.25, 0.3) is 0 Å². The minimum absolute atomic E-state index is 0. The molecule has 736 valence electrons. The molecule has 0 aliphatic heterocycles. The first-order valence-corrected chi connectivity index (χ1v) is 42.1. The molecule has 2 heteroatoms. The molecule has 3 unspecified atom stereocenters. The van der Waals surface area contributed by atoms with Crippen molar-refractivity contribution in [1.29, 1.82) is 0 Å². The van der Waals surface area contributed by atoms with E-state index in [1.54, 1.807) is 22.3 Å². The summed E-state index contributed by atoms with van der Waals surface area (Å²) < 4.78 is 0. The van der Waals surface area contributed by atoms with Crippen LogP contribution in [0.1, 0.15) is 540 Å². The first-order valence-electron chi connectivity index (χ1n) is 42.1. The zero-order valence-electron chi connectivity index (χ0n) is 75.8. The Kier molecular flexibility index (Phi) is 191. The molecule has 9 rings (SSSR count). The second kappa shape index (κ2) is 118. The van der Waals surface area contributed by atoms with Crippen molar-refractivity contribution in [2.45, 2.75) is 523 Å². The fourth-order valence-electron chi connectivity index (χ4n) is 15.3. The minimum Gasteiger partial charge on any atom is -0.328 e. The zero-order valence-corrected chi connectivity index (χ0v) is 81.4. The van der Waals surface area contributed by atoms with Gasteiger partial charge in [-0.25, -0.2) is 0 Å². The van der Waals surface area contributed by atoms with Crippen LogP contribution in [0.25, 0.3) is 21.9 Å². The number of hydrogen-bond donors (Lipinski definition) is 0. The van der Waals surface area contributed by atoms with E-state index in [2.05, 4.69) is 412 Å². The zero-order chi connectivity index (χ0) is 78.2. The van der Waals surface area contributed by atoms with Crippen molar-refractivity contribution in [2.24, 2.45) is 59.2 Å². The Labute approximate surface area is 830 Å². The van der Waals surface area contributed by atoms with Crippen molar-refractivity contribution in [3.63, 3.8) is 0 Å². The molecule has 120 heavy (non-hydrogen) atoms. The molecule has 5 aromatic carbocycles. The van der Waals surface area contributed by atoms with Crippen molar-refractivity contribution in [2.75, 3.05) is 0 Å². The van der Waals surface area contributed by atoms with Gasteiger partial charge in [0.15, 0.2) is 0 Å². The van der Waals surface area contributed by atoms with Gasteiger partial charge in [0, 0.05) is 70.8 Å². The summed E-state index contributed by atoms with van der Waals surface area (Å²) in [5, 5.41) is 2.78. The Hall–Kier alpha value is -1.43. The topological polar surface area (TPSA) is 0 Å². The van der Waals surface area contributed by atoms with Gasteiger partial charge in [-0.15, -0.1) is 0 Å². The smallest absolute Gasteiger partial charge is 0.00436 e. The fourth-order valence-corrected chi connectivity index (χ4v) is 15.3. The molecule has 0 saturated heterocycles. The van der Waals surface area contributed by atoms with E-state index >= 15 is 0 Å². The van der Waals surface area contributed by atoms with Crippen LogP contribution in [0.4, 0.5) is 0 Å². The molecule has 0 nitrogen and oxygen atoms in total. The van der Waals surface area contributed by atoms with E-state index in [0.29, 0.717) is 46.8 Å². The van der Waals surface area contributed by atoms with Crippen LogP contribution >= 0.6 is 0 Å². The monoisotopic (exact) mass is 1850 g/mol. The van der Waals surface area contributed by atoms with Gasteiger partial charge in [-0.05, 0) is 108 Å². The largest absolute Gasteiger partial charge is 0.328 e. The maximum Gasteiger partial charge on any atom is 0.00436 e. The summed E-state index contributed by atoms with van der Waals surface area (Å²) in [6, 6.07) is 41.0. The van der Waals surface area contributed by atoms with E-state index in [0.717, 1.165) is 29.6 Å². The summed E-state index contributed by atoms with van der Waals surface area (Å²) in [6.07, 6.45) is 24.5. The number of hydrogen-bond acceptors (Lipinski definition) is 0. The van der Waals surface area contributed by atoms with Crippen molar-refractivity contribution in [1.82, 2.24) is 0 Å². The van der Waals surface area contributed by atoms with Gasteiger partial charge < -0.3 is 25.7 Å². The van der Waals surface area contributed by atoms with Crippen LogP contribution in [0.5, 0.6) is 0 Å². The quantitative estimate of drug-likeness (QED) is 0.136. The Balaban J connectivity index is -0.0000000337. The van der Waals surface area contributed by atoms with Crippen LogP contribution in [0.15, 0.2) is 109 Å². The van der Waals surface area contributed by atoms with Gasteiger partial charge in [0.05, 0.1) is 0 Å². The summed E-state index contributed by atoms with van der Waals surface area (Å²) in [7, 11) is 0. The summed E-state index contributed by atoms with van der Waals surface area (Å²) in [6.45, 7) is 89.1. The third kappa shape index (κ3) is 55.4. The van der Waals surface area contributed by atoms with Crippen LogP contribution in [0.3, 0.4) is 0 Å². The first kappa shape index (κ1) is 195. The molecule has 15 atom stereocenters. The van der Waals surface area contributed by atoms with Crippen molar-refractivity contribution in [3.05, 3.63) is 168 Å². The molecule has 1 saturated carbocycles. The molecule has 2 radical (unpaired) electrons. The molecule has 1 fully saturated rings. The minimum atomic E-state index is -0.0199. The average Bonchev–Trinajstić information content (AvgIpc) is 1.14. The summed E-state index contributed by atoms with van der Waals surface area (Å²) in [5.74, 6) is 8.13. The van der Waals surface area contributed by atoms with Gasteiger partial charge in [-0.1, -0.05) is 582 Å². The molecule has 4 aliphatic rings. The van der Waals surface area contributed by atoms with Crippen LogP contribution in [0, 0.1) is 84.9 Å². The second-order valence-corrected chi connectivity index (χ2v) is 29.6. The molecular weight excluding hydrogens is 1600 g/mol. The van der Waals surface area contributed by atoms with Crippen LogP contribution in [-0.2, 0) is 81.7 Å². The summed E-state index contributed by atoms with van der Waals surface area (Å²) in [5.41, 5.74) is 12.8. The normalized spacial score (nSPS) is 19.1. The third-order valence-corrected chi connectivity index (χ3v) is 19.7.